The molecule has 1 atom stereocenters. The van der Waals surface area contributed by atoms with E-state index in [0.29, 0.717) is 0 Å². The third-order valence-corrected chi connectivity index (χ3v) is 5.71. The Hall–Kier alpha value is -1.35. The number of hydrogen-bond acceptors (Lipinski definition) is 2. The number of nitrogens with one attached hydrogen (secondary N) is 2. The molecule has 0 aromatic heterocycles. The third-order valence-electron chi connectivity index (χ3n) is 5.71. The highest BCUT2D eigenvalue weighted by molar-refractivity contribution is 5.83. The van der Waals surface area contributed by atoms with Gasteiger partial charge < -0.3 is 10.6 Å². The zero-order valence-electron chi connectivity index (χ0n) is 12.8. The van der Waals surface area contributed by atoms with Crippen molar-refractivity contribution in [3.05, 3.63) is 35.4 Å². The molecule has 108 valence electrons. The van der Waals surface area contributed by atoms with Crippen LogP contribution in [0.15, 0.2) is 24.3 Å². The van der Waals surface area contributed by atoms with Gasteiger partial charge in [0, 0.05) is 12.6 Å². The van der Waals surface area contributed by atoms with Crippen molar-refractivity contribution in [2.45, 2.75) is 52.7 Å². The fraction of sp³-hybridized carbons (Fsp3) is 0.588. The highest BCUT2D eigenvalue weighted by atomic mass is 16.2. The smallest absolute Gasteiger partial charge is 0.237 e. The molecule has 2 aliphatic rings. The Morgan fingerprint density at radius 1 is 1.15 bits per heavy atom. The summed E-state index contributed by atoms with van der Waals surface area (Å²) in [6.07, 6.45) is 0.787. The van der Waals surface area contributed by atoms with Gasteiger partial charge in [0.2, 0.25) is 5.91 Å². The Kier molecular flexibility index (Phi) is 2.94. The van der Waals surface area contributed by atoms with Gasteiger partial charge in [-0.05, 0) is 28.4 Å². The summed E-state index contributed by atoms with van der Waals surface area (Å²) in [6.45, 7) is 9.68. The van der Waals surface area contributed by atoms with Gasteiger partial charge in [-0.3, -0.25) is 4.79 Å². The molecule has 0 saturated heterocycles. The second-order valence-electron chi connectivity index (χ2n) is 7.29. The number of fused-ring (bicyclic) bond motifs is 1. The molecule has 0 bridgehead atoms. The fourth-order valence-electron chi connectivity index (χ4n) is 3.44. The molecule has 1 aliphatic heterocycles. The maximum absolute atomic E-state index is 12.5. The fourth-order valence-corrected chi connectivity index (χ4v) is 3.44. The maximum atomic E-state index is 12.5. The van der Waals surface area contributed by atoms with E-state index in [2.05, 4.69) is 56.5 Å². The number of benzene rings is 1. The predicted octanol–water partition coefficient (Wildman–Crippen LogP) is 2.25. The second kappa shape index (κ2) is 4.32. The first kappa shape index (κ1) is 13.6. The Labute approximate surface area is 121 Å². The van der Waals surface area contributed by atoms with E-state index in [1.165, 1.54) is 11.1 Å². The van der Waals surface area contributed by atoms with Crippen LogP contribution in [0.1, 0.15) is 38.8 Å². The van der Waals surface area contributed by atoms with Gasteiger partial charge in [-0.2, -0.15) is 0 Å². The molecule has 1 aliphatic carbocycles. The number of amides is 1. The van der Waals surface area contributed by atoms with E-state index in [1.54, 1.807) is 0 Å². The van der Waals surface area contributed by atoms with Crippen LogP contribution in [-0.2, 0) is 17.8 Å². The normalized spacial score (nSPS) is 26.7. The minimum atomic E-state index is -0.0999. The summed E-state index contributed by atoms with van der Waals surface area (Å²) in [5, 5.41) is 6.58. The van der Waals surface area contributed by atoms with Crippen molar-refractivity contribution in [1.82, 2.24) is 10.6 Å². The molecule has 1 saturated carbocycles. The van der Waals surface area contributed by atoms with Crippen LogP contribution in [0.5, 0.6) is 0 Å². The molecule has 3 rings (SSSR count). The van der Waals surface area contributed by atoms with Gasteiger partial charge in [-0.25, -0.2) is 0 Å². The van der Waals surface area contributed by atoms with Crippen LogP contribution in [0.4, 0.5) is 0 Å². The predicted molar refractivity (Wildman–Crippen MR) is 80.3 cm³/mol. The molecule has 1 aromatic carbocycles. The average molecular weight is 272 g/mol. The van der Waals surface area contributed by atoms with Gasteiger partial charge in [0.1, 0.15) is 0 Å². The first-order chi connectivity index (χ1) is 9.34. The van der Waals surface area contributed by atoms with Crippen LogP contribution >= 0.6 is 0 Å². The zero-order valence-corrected chi connectivity index (χ0v) is 12.8. The van der Waals surface area contributed by atoms with E-state index in [-0.39, 0.29) is 28.8 Å². The van der Waals surface area contributed by atoms with Crippen LogP contribution in [0.25, 0.3) is 0 Å². The lowest BCUT2D eigenvalue weighted by molar-refractivity contribution is -0.123. The summed E-state index contributed by atoms with van der Waals surface area (Å²) < 4.78 is 0. The molecule has 0 unspecified atom stereocenters. The molecule has 0 spiro atoms. The van der Waals surface area contributed by atoms with Gasteiger partial charge in [-0.15, -0.1) is 0 Å². The quantitative estimate of drug-likeness (QED) is 0.867. The van der Waals surface area contributed by atoms with Crippen LogP contribution in [0.3, 0.4) is 0 Å². The van der Waals surface area contributed by atoms with E-state index in [1.807, 2.05) is 6.07 Å². The molecular weight excluding hydrogens is 248 g/mol. The minimum Gasteiger partial charge on any atom is -0.351 e. The van der Waals surface area contributed by atoms with Crippen molar-refractivity contribution in [3.63, 3.8) is 0 Å². The molecule has 20 heavy (non-hydrogen) atoms. The number of hydrogen-bond donors (Lipinski definition) is 2. The standard InChI is InChI=1S/C17H24N2O/c1-16(2)15(17(16,3)4)19-14(20)13-9-11-7-5-6-8-12(11)10-18-13/h5-8,13,15,18H,9-10H2,1-4H3,(H,19,20)/t13-/m0/s1. The van der Waals surface area contributed by atoms with Crippen LogP contribution in [-0.4, -0.2) is 18.0 Å². The van der Waals surface area contributed by atoms with Crippen molar-refractivity contribution < 1.29 is 4.79 Å². The largest absolute Gasteiger partial charge is 0.351 e. The van der Waals surface area contributed by atoms with E-state index in [4.69, 9.17) is 0 Å². The second-order valence-corrected chi connectivity index (χ2v) is 7.29. The summed E-state index contributed by atoms with van der Waals surface area (Å²) in [5.74, 6) is 0.142. The van der Waals surface area contributed by atoms with Gasteiger partial charge >= 0.3 is 0 Å². The Balaban J connectivity index is 1.66. The van der Waals surface area contributed by atoms with E-state index in [9.17, 15) is 4.79 Å². The molecule has 1 heterocycles. The first-order valence-corrected chi connectivity index (χ1v) is 7.44. The number of rotatable bonds is 2. The van der Waals surface area contributed by atoms with Gasteiger partial charge in [0.05, 0.1) is 6.04 Å². The molecule has 1 aromatic rings. The molecule has 1 amide bonds. The van der Waals surface area contributed by atoms with Gasteiger partial charge in [0.15, 0.2) is 0 Å². The minimum absolute atomic E-state index is 0.0999. The van der Waals surface area contributed by atoms with Gasteiger partial charge in [0.25, 0.3) is 0 Å². The van der Waals surface area contributed by atoms with Crippen molar-refractivity contribution in [2.75, 3.05) is 0 Å². The van der Waals surface area contributed by atoms with Crippen LogP contribution in [0, 0.1) is 10.8 Å². The van der Waals surface area contributed by atoms with Crippen LogP contribution in [0.2, 0.25) is 0 Å². The lowest BCUT2D eigenvalue weighted by Gasteiger charge is -2.25. The molecular formula is C17H24N2O. The summed E-state index contributed by atoms with van der Waals surface area (Å²) in [4.78, 5) is 12.5. The lowest BCUT2D eigenvalue weighted by Crippen LogP contribution is -2.49. The van der Waals surface area contributed by atoms with E-state index < -0.39 is 0 Å². The average Bonchev–Trinajstić information content (AvgIpc) is 2.80. The molecule has 2 N–H and O–H groups in total. The highest BCUT2D eigenvalue weighted by Gasteiger charge is 2.65. The molecule has 1 fully saturated rings. The van der Waals surface area contributed by atoms with Crippen LogP contribution < -0.4 is 10.6 Å². The van der Waals surface area contributed by atoms with Crippen molar-refractivity contribution in [1.29, 1.82) is 0 Å². The zero-order chi connectivity index (χ0) is 14.5. The van der Waals surface area contributed by atoms with Crippen molar-refractivity contribution >= 4 is 5.91 Å². The summed E-state index contributed by atoms with van der Waals surface area (Å²) >= 11 is 0. The van der Waals surface area contributed by atoms with Gasteiger partial charge in [-0.1, -0.05) is 52.0 Å². The Morgan fingerprint density at radius 3 is 2.35 bits per heavy atom. The summed E-state index contributed by atoms with van der Waals surface area (Å²) in [7, 11) is 0. The van der Waals surface area contributed by atoms with E-state index in [0.717, 1.165) is 13.0 Å². The number of carbonyl (C=O) groups excluding carboxylic acids is 1. The first-order valence-electron chi connectivity index (χ1n) is 7.44. The SMILES string of the molecule is CC1(C)C(NC(=O)[C@@H]2Cc3ccccc3CN2)C1(C)C. The Bertz CT molecular complexity index is 534. The highest BCUT2D eigenvalue weighted by Crippen LogP contribution is 2.62. The van der Waals surface area contributed by atoms with Crippen molar-refractivity contribution in [3.8, 4) is 0 Å². The topological polar surface area (TPSA) is 41.1 Å². The molecule has 3 nitrogen and oxygen atoms in total. The third kappa shape index (κ3) is 1.96. The molecule has 0 radical (unpaired) electrons. The summed E-state index contributed by atoms with van der Waals surface area (Å²) in [5.41, 5.74) is 2.98. The lowest BCUT2D eigenvalue weighted by atomic mass is 9.95. The van der Waals surface area contributed by atoms with E-state index >= 15 is 0 Å². The van der Waals surface area contributed by atoms with Crippen molar-refractivity contribution in [2.24, 2.45) is 10.8 Å². The maximum Gasteiger partial charge on any atom is 0.237 e. The molecule has 3 heteroatoms. The Morgan fingerprint density at radius 2 is 1.75 bits per heavy atom. The summed E-state index contributed by atoms with van der Waals surface area (Å²) in [6, 6.07) is 8.53. The number of carbonyl (C=O) groups is 1. The monoisotopic (exact) mass is 272 g/mol.